The van der Waals surface area contributed by atoms with E-state index >= 15 is 0 Å². The van der Waals surface area contributed by atoms with Gasteiger partial charge in [-0.2, -0.15) is 23.1 Å². The first-order chi connectivity index (χ1) is 11.9. The predicted molar refractivity (Wildman–Crippen MR) is 83.2 cm³/mol. The number of alkyl halides is 3. The standard InChI is InChI=1S/C11H16F3N6O5P/c12-11(13,14)3-16-8-7-9(19-10(15)18-8)20(4-17-7)1-6(21)2-25-5-26(22,23)24/h4,6,21H,1-3,5H2,(H2,22,23,24)(H3,15,16,18,19). The average Bonchev–Trinajstić information content (AvgIpc) is 2.85. The minimum Gasteiger partial charge on any atom is -0.389 e. The van der Waals surface area contributed by atoms with Crippen LogP contribution >= 0.6 is 7.60 Å². The summed E-state index contributed by atoms with van der Waals surface area (Å²) in [7, 11) is -4.36. The molecule has 0 aromatic carbocycles. The maximum atomic E-state index is 12.4. The highest BCUT2D eigenvalue weighted by Crippen LogP contribution is 2.33. The Bertz CT molecular complexity index is 809. The molecule has 2 rings (SSSR count). The summed E-state index contributed by atoms with van der Waals surface area (Å²) < 4.78 is 53.7. The van der Waals surface area contributed by atoms with Crippen molar-refractivity contribution in [3.05, 3.63) is 6.33 Å². The zero-order valence-corrected chi connectivity index (χ0v) is 14.0. The summed E-state index contributed by atoms with van der Waals surface area (Å²) in [6, 6.07) is 0. The smallest absolute Gasteiger partial charge is 0.389 e. The molecule has 0 aliphatic heterocycles. The summed E-state index contributed by atoms with van der Waals surface area (Å²) in [6.07, 6.45) is -5.29. The minimum atomic E-state index is -4.47. The number of nitrogen functional groups attached to an aromatic ring is 1. The van der Waals surface area contributed by atoms with Gasteiger partial charge in [-0.05, 0) is 0 Å². The molecular weight excluding hydrogens is 384 g/mol. The van der Waals surface area contributed by atoms with Gasteiger partial charge in [0.05, 0.1) is 25.6 Å². The topological polar surface area (TPSA) is 169 Å². The first-order valence-electron chi connectivity index (χ1n) is 7.04. The van der Waals surface area contributed by atoms with Gasteiger partial charge < -0.3 is 35.2 Å². The molecule has 0 saturated carbocycles. The van der Waals surface area contributed by atoms with Gasteiger partial charge in [0.2, 0.25) is 5.95 Å². The molecule has 6 N–H and O–H groups in total. The number of halogens is 3. The Labute approximate surface area is 144 Å². The van der Waals surface area contributed by atoms with Crippen LogP contribution in [-0.4, -0.2) is 66.2 Å². The van der Waals surface area contributed by atoms with E-state index in [4.69, 9.17) is 20.3 Å². The summed E-state index contributed by atoms with van der Waals surface area (Å²) in [5.74, 6) is -0.507. The number of rotatable bonds is 8. The number of nitrogens with zero attached hydrogens (tertiary/aromatic N) is 4. The van der Waals surface area contributed by atoms with E-state index in [-0.39, 0.29) is 36.1 Å². The molecule has 1 unspecified atom stereocenters. The zero-order valence-electron chi connectivity index (χ0n) is 13.1. The number of aliphatic hydroxyl groups is 1. The molecule has 2 aromatic heterocycles. The summed E-state index contributed by atoms with van der Waals surface area (Å²) in [5, 5.41) is 11.9. The van der Waals surface area contributed by atoms with E-state index in [1.165, 1.54) is 10.9 Å². The Balaban J connectivity index is 2.12. The van der Waals surface area contributed by atoms with Gasteiger partial charge in [-0.1, -0.05) is 0 Å². The van der Waals surface area contributed by atoms with Crippen LogP contribution in [0.15, 0.2) is 6.33 Å². The fourth-order valence-corrected chi connectivity index (χ4v) is 2.33. The Kier molecular flexibility index (Phi) is 6.03. The van der Waals surface area contributed by atoms with Crippen molar-refractivity contribution in [3.63, 3.8) is 0 Å². The van der Waals surface area contributed by atoms with Crippen molar-refractivity contribution in [2.24, 2.45) is 0 Å². The number of nitrogens with one attached hydrogen (secondary N) is 1. The van der Waals surface area contributed by atoms with Gasteiger partial charge in [0.25, 0.3) is 0 Å². The summed E-state index contributed by atoms with van der Waals surface area (Å²) in [4.78, 5) is 28.8. The van der Waals surface area contributed by atoms with E-state index in [1.807, 2.05) is 0 Å². The number of imidazole rings is 1. The maximum absolute atomic E-state index is 12.4. The van der Waals surface area contributed by atoms with Crippen molar-refractivity contribution in [1.29, 1.82) is 0 Å². The van der Waals surface area contributed by atoms with E-state index < -0.39 is 32.8 Å². The number of hydrogen-bond acceptors (Lipinski definition) is 8. The summed E-state index contributed by atoms with van der Waals surface area (Å²) in [6.45, 7) is -1.87. The Morgan fingerprint density at radius 2 is 2.08 bits per heavy atom. The van der Waals surface area contributed by atoms with E-state index in [9.17, 15) is 22.8 Å². The monoisotopic (exact) mass is 400 g/mol. The maximum Gasteiger partial charge on any atom is 0.405 e. The van der Waals surface area contributed by atoms with E-state index in [0.717, 1.165) is 0 Å². The lowest BCUT2D eigenvalue weighted by molar-refractivity contribution is -0.115. The van der Waals surface area contributed by atoms with Crippen molar-refractivity contribution < 1.29 is 37.4 Å². The van der Waals surface area contributed by atoms with Gasteiger partial charge >= 0.3 is 13.8 Å². The third-order valence-electron chi connectivity index (χ3n) is 2.91. The molecule has 2 aromatic rings. The minimum absolute atomic E-state index is 0.0202. The van der Waals surface area contributed by atoms with Crippen LogP contribution in [0.3, 0.4) is 0 Å². The average molecular weight is 400 g/mol. The van der Waals surface area contributed by atoms with Gasteiger partial charge in [0.1, 0.15) is 12.9 Å². The van der Waals surface area contributed by atoms with Crippen molar-refractivity contribution in [3.8, 4) is 0 Å². The Hall–Kier alpha value is -1.99. The van der Waals surface area contributed by atoms with E-state index in [0.29, 0.717) is 0 Å². The summed E-state index contributed by atoms with van der Waals surface area (Å²) in [5.41, 5.74) is 5.59. The van der Waals surface area contributed by atoms with Crippen LogP contribution in [-0.2, 0) is 15.8 Å². The number of aromatic nitrogens is 4. The highest BCUT2D eigenvalue weighted by molar-refractivity contribution is 7.51. The molecule has 0 fully saturated rings. The third-order valence-corrected chi connectivity index (χ3v) is 3.43. The second kappa shape index (κ2) is 7.72. The first kappa shape index (κ1) is 20.3. The molecule has 2 heterocycles. The van der Waals surface area contributed by atoms with Crippen LogP contribution < -0.4 is 11.1 Å². The number of ether oxygens (including phenoxy) is 1. The van der Waals surface area contributed by atoms with Crippen molar-refractivity contribution >= 4 is 30.5 Å². The SMILES string of the molecule is Nc1nc(NCC(F)(F)F)c2ncn(CC(O)COCP(=O)(O)O)c2n1. The Morgan fingerprint density at radius 3 is 2.69 bits per heavy atom. The Morgan fingerprint density at radius 1 is 1.38 bits per heavy atom. The van der Waals surface area contributed by atoms with E-state index in [1.54, 1.807) is 0 Å². The molecule has 11 nitrogen and oxygen atoms in total. The fourth-order valence-electron chi connectivity index (χ4n) is 1.99. The highest BCUT2D eigenvalue weighted by atomic mass is 31.2. The molecule has 0 aliphatic rings. The fraction of sp³-hybridized carbons (Fsp3) is 0.545. The van der Waals surface area contributed by atoms with Gasteiger partial charge in [-0.3, -0.25) is 4.57 Å². The van der Waals surface area contributed by atoms with Crippen molar-refractivity contribution in [2.45, 2.75) is 18.8 Å². The van der Waals surface area contributed by atoms with Gasteiger partial charge in [0.15, 0.2) is 17.0 Å². The lowest BCUT2D eigenvalue weighted by Gasteiger charge is -2.13. The zero-order chi connectivity index (χ0) is 19.5. The molecule has 0 bridgehead atoms. The largest absolute Gasteiger partial charge is 0.405 e. The number of aliphatic hydroxyl groups excluding tert-OH is 1. The molecule has 0 radical (unpaired) electrons. The lowest BCUT2D eigenvalue weighted by atomic mass is 10.3. The molecular formula is C11H16F3N6O5P. The van der Waals surface area contributed by atoms with Crippen molar-refractivity contribution in [1.82, 2.24) is 19.5 Å². The first-order valence-corrected chi connectivity index (χ1v) is 8.84. The summed E-state index contributed by atoms with van der Waals surface area (Å²) >= 11 is 0. The second-order valence-electron chi connectivity index (χ2n) is 5.29. The normalized spacial score (nSPS) is 13.9. The number of fused-ring (bicyclic) bond motifs is 1. The second-order valence-corrected chi connectivity index (χ2v) is 6.87. The molecule has 0 amide bonds. The predicted octanol–water partition coefficient (Wildman–Crippen LogP) is -0.105. The van der Waals surface area contributed by atoms with Gasteiger partial charge in [0, 0.05) is 0 Å². The molecule has 1 atom stereocenters. The van der Waals surface area contributed by atoms with E-state index in [2.05, 4.69) is 20.3 Å². The number of nitrogens with two attached hydrogens (primary N) is 1. The van der Waals surface area contributed by atoms with Crippen LogP contribution in [0, 0.1) is 0 Å². The molecule has 146 valence electrons. The number of hydrogen-bond donors (Lipinski definition) is 5. The van der Waals surface area contributed by atoms with Crippen molar-refractivity contribution in [2.75, 3.05) is 30.6 Å². The molecule has 0 aliphatic carbocycles. The number of anilines is 2. The molecule has 26 heavy (non-hydrogen) atoms. The van der Waals surface area contributed by atoms with Crippen LogP contribution in [0.2, 0.25) is 0 Å². The molecule has 0 saturated heterocycles. The third kappa shape index (κ3) is 6.07. The molecule has 0 spiro atoms. The van der Waals surface area contributed by atoms with Gasteiger partial charge in [-0.25, -0.2) is 4.98 Å². The van der Waals surface area contributed by atoms with Crippen LogP contribution in [0.1, 0.15) is 0 Å². The quantitative estimate of drug-likeness (QED) is 0.377. The van der Waals surface area contributed by atoms with Gasteiger partial charge in [-0.15, -0.1) is 0 Å². The van der Waals surface area contributed by atoms with Crippen LogP contribution in [0.5, 0.6) is 0 Å². The van der Waals surface area contributed by atoms with Crippen LogP contribution in [0.25, 0.3) is 11.2 Å². The highest BCUT2D eigenvalue weighted by Gasteiger charge is 2.28. The molecule has 15 heteroatoms. The van der Waals surface area contributed by atoms with Crippen LogP contribution in [0.4, 0.5) is 24.9 Å². The lowest BCUT2D eigenvalue weighted by Crippen LogP contribution is -2.23.